The third-order valence-corrected chi connectivity index (χ3v) is 1.88. The van der Waals surface area contributed by atoms with Crippen molar-refractivity contribution in [1.82, 2.24) is 10.2 Å². The van der Waals surface area contributed by atoms with E-state index in [1.807, 2.05) is 19.9 Å². The first-order valence-corrected chi connectivity index (χ1v) is 4.68. The second-order valence-corrected chi connectivity index (χ2v) is 3.63. The van der Waals surface area contributed by atoms with Crippen molar-refractivity contribution in [3.63, 3.8) is 0 Å². The van der Waals surface area contributed by atoms with Crippen molar-refractivity contribution in [2.24, 2.45) is 5.73 Å². The quantitative estimate of drug-likeness (QED) is 0.784. The van der Waals surface area contributed by atoms with E-state index in [0.717, 1.165) is 5.57 Å². The molecule has 0 atom stereocenters. The molecule has 0 saturated carbocycles. The van der Waals surface area contributed by atoms with E-state index >= 15 is 0 Å². The fourth-order valence-corrected chi connectivity index (χ4v) is 0.992. The number of hydrogen-bond acceptors (Lipinski definition) is 3. The summed E-state index contributed by atoms with van der Waals surface area (Å²) < 4.78 is 0. The zero-order valence-corrected chi connectivity index (χ0v) is 11.0. The largest absolute Gasteiger partial charge is 0.397 e. The Morgan fingerprint density at radius 1 is 1.44 bits per heavy atom. The molecule has 5 heteroatoms. The van der Waals surface area contributed by atoms with Crippen molar-refractivity contribution in [3.05, 3.63) is 45.4 Å². The molecule has 1 heterocycles. The number of aromatic amines is 1. The van der Waals surface area contributed by atoms with Crippen LogP contribution in [0.1, 0.15) is 25.1 Å². The second-order valence-electron chi connectivity index (χ2n) is 3.63. The van der Waals surface area contributed by atoms with Gasteiger partial charge in [0.25, 0.3) is 5.56 Å². The van der Waals surface area contributed by atoms with Crippen LogP contribution in [0.4, 0.5) is 0 Å². The maximum atomic E-state index is 11.1. The number of aryl methyl sites for hydroxylation is 1. The minimum absolute atomic E-state index is 0. The first-order valence-electron chi connectivity index (χ1n) is 4.68. The number of nitrogens with two attached hydrogens (primary N) is 1. The molecule has 4 nitrogen and oxygen atoms in total. The molecule has 0 spiro atoms. The molecule has 0 aliphatic heterocycles. The van der Waals surface area contributed by atoms with Crippen LogP contribution in [0.2, 0.25) is 0 Å². The van der Waals surface area contributed by atoms with Gasteiger partial charge in [-0.2, -0.15) is 5.10 Å². The first kappa shape index (κ1) is 14.7. The summed E-state index contributed by atoms with van der Waals surface area (Å²) in [5.41, 5.74) is 8.49. The van der Waals surface area contributed by atoms with Crippen molar-refractivity contribution in [3.8, 4) is 0 Å². The second kappa shape index (κ2) is 6.35. The Labute approximate surface area is 107 Å². The van der Waals surface area contributed by atoms with Crippen molar-refractivity contribution >= 4 is 5.70 Å². The molecule has 1 aromatic heterocycles. The molecule has 1 radical (unpaired) electrons. The van der Waals surface area contributed by atoms with Crippen LogP contribution in [0.5, 0.6) is 0 Å². The van der Waals surface area contributed by atoms with Crippen molar-refractivity contribution in [2.45, 2.75) is 20.8 Å². The molecule has 0 aliphatic carbocycles. The fraction of sp³-hybridized carbons (Fsp3) is 0.273. The predicted octanol–water partition coefficient (Wildman–Crippen LogP) is 1.34. The van der Waals surface area contributed by atoms with E-state index in [1.54, 1.807) is 19.1 Å². The molecule has 0 aromatic carbocycles. The molecule has 0 bridgehead atoms. The van der Waals surface area contributed by atoms with E-state index in [9.17, 15) is 4.79 Å². The molecule has 0 fully saturated rings. The summed E-state index contributed by atoms with van der Waals surface area (Å²) in [5.74, 6) is 0. The minimum atomic E-state index is -0.186. The third-order valence-electron chi connectivity index (χ3n) is 1.88. The first-order chi connectivity index (χ1) is 7.00. The van der Waals surface area contributed by atoms with Gasteiger partial charge in [0.1, 0.15) is 5.69 Å². The number of nitrogens with zero attached hydrogens (tertiary/aromatic N) is 1. The number of rotatable bonds is 2. The van der Waals surface area contributed by atoms with Gasteiger partial charge in [0.15, 0.2) is 0 Å². The predicted molar refractivity (Wildman–Crippen MR) is 61.2 cm³/mol. The van der Waals surface area contributed by atoms with Crippen molar-refractivity contribution in [1.29, 1.82) is 0 Å². The Morgan fingerprint density at radius 3 is 2.56 bits per heavy atom. The van der Waals surface area contributed by atoms with Gasteiger partial charge in [0.05, 0.1) is 5.70 Å². The zero-order chi connectivity index (χ0) is 11.4. The maximum Gasteiger partial charge on any atom is 0.267 e. The third kappa shape index (κ3) is 4.08. The van der Waals surface area contributed by atoms with Crippen LogP contribution in [0.25, 0.3) is 5.70 Å². The SMILES string of the molecule is CC(C)=C/C=C(\N)c1cc(C)c(=O)[nH]n1.[V]. The Morgan fingerprint density at radius 2 is 2.06 bits per heavy atom. The fourth-order valence-electron chi connectivity index (χ4n) is 0.992. The monoisotopic (exact) mass is 256 g/mol. The van der Waals surface area contributed by atoms with Gasteiger partial charge in [-0.05, 0) is 32.9 Å². The normalized spacial score (nSPS) is 10.6. The summed E-state index contributed by atoms with van der Waals surface area (Å²) in [7, 11) is 0. The van der Waals surface area contributed by atoms with Crippen LogP contribution in [0.3, 0.4) is 0 Å². The van der Waals surface area contributed by atoms with Crippen LogP contribution in [-0.2, 0) is 18.6 Å². The summed E-state index contributed by atoms with van der Waals surface area (Å²) in [4.78, 5) is 11.1. The maximum absolute atomic E-state index is 11.1. The minimum Gasteiger partial charge on any atom is -0.397 e. The van der Waals surface area contributed by atoms with Gasteiger partial charge < -0.3 is 5.73 Å². The molecular formula is C11H15N3OV. The van der Waals surface area contributed by atoms with Crippen LogP contribution in [0, 0.1) is 6.92 Å². The molecule has 0 amide bonds. The van der Waals surface area contributed by atoms with Gasteiger partial charge in [-0.25, -0.2) is 5.10 Å². The zero-order valence-electron chi connectivity index (χ0n) is 9.61. The molecule has 1 rings (SSSR count). The Bertz CT molecular complexity index is 470. The summed E-state index contributed by atoms with van der Waals surface area (Å²) in [6, 6.07) is 1.67. The van der Waals surface area contributed by atoms with Gasteiger partial charge in [0, 0.05) is 24.1 Å². The standard InChI is InChI=1S/C11H15N3O.V/c1-7(2)4-5-9(12)10-6-8(3)11(15)14-13-10;/h4-6H,12H2,1-3H3,(H,14,15);/b9-5-;. The van der Waals surface area contributed by atoms with E-state index in [1.165, 1.54) is 0 Å². The Hall–Kier alpha value is -1.26. The average molecular weight is 256 g/mol. The number of nitrogens with one attached hydrogen (secondary N) is 1. The van der Waals surface area contributed by atoms with Crippen LogP contribution < -0.4 is 11.3 Å². The molecule has 0 unspecified atom stereocenters. The molecule has 0 aliphatic rings. The van der Waals surface area contributed by atoms with Crippen LogP contribution in [0.15, 0.2) is 28.6 Å². The van der Waals surface area contributed by atoms with Crippen molar-refractivity contribution in [2.75, 3.05) is 0 Å². The number of H-pyrrole nitrogens is 1. The molecule has 0 saturated heterocycles. The van der Waals surface area contributed by atoms with Crippen LogP contribution >= 0.6 is 0 Å². The topological polar surface area (TPSA) is 71.8 Å². The summed E-state index contributed by atoms with van der Waals surface area (Å²) in [6.45, 7) is 5.68. The molecule has 1 aromatic rings. The van der Waals surface area contributed by atoms with Gasteiger partial charge in [0.2, 0.25) is 0 Å². The van der Waals surface area contributed by atoms with E-state index in [4.69, 9.17) is 5.73 Å². The van der Waals surface area contributed by atoms with E-state index in [2.05, 4.69) is 10.2 Å². The molecular weight excluding hydrogens is 241 g/mol. The van der Waals surface area contributed by atoms with Crippen LogP contribution in [-0.4, -0.2) is 10.2 Å². The van der Waals surface area contributed by atoms with Gasteiger partial charge >= 0.3 is 0 Å². The molecule has 3 N–H and O–H groups in total. The molecule has 85 valence electrons. The van der Waals surface area contributed by atoms with Crippen molar-refractivity contribution < 1.29 is 18.6 Å². The number of hydrogen-bond donors (Lipinski definition) is 2. The summed E-state index contributed by atoms with van der Waals surface area (Å²) >= 11 is 0. The molecule has 16 heavy (non-hydrogen) atoms. The number of aromatic nitrogens is 2. The summed E-state index contributed by atoms with van der Waals surface area (Å²) in [6.07, 6.45) is 3.67. The summed E-state index contributed by atoms with van der Waals surface area (Å²) in [5, 5.41) is 6.25. The Balaban J connectivity index is 0.00000225. The van der Waals surface area contributed by atoms with Gasteiger partial charge in [-0.15, -0.1) is 0 Å². The Kier molecular flexibility index (Phi) is 5.86. The van der Waals surface area contributed by atoms with E-state index < -0.39 is 0 Å². The van der Waals surface area contributed by atoms with E-state index in [-0.39, 0.29) is 24.1 Å². The van der Waals surface area contributed by atoms with Gasteiger partial charge in [-0.3, -0.25) is 4.79 Å². The van der Waals surface area contributed by atoms with E-state index in [0.29, 0.717) is 17.0 Å². The van der Waals surface area contributed by atoms with Gasteiger partial charge in [-0.1, -0.05) is 11.6 Å². The number of allylic oxidation sites excluding steroid dienone is 3. The smallest absolute Gasteiger partial charge is 0.267 e. The average Bonchev–Trinajstić information content (AvgIpc) is 2.18.